The normalized spacial score (nSPS) is 12.1. The fourth-order valence-corrected chi connectivity index (χ4v) is 11.1. The molecule has 1 aliphatic heterocycles. The molecule has 4 N–H and O–H groups in total. The van der Waals surface area contributed by atoms with Crippen molar-refractivity contribution in [2.24, 2.45) is 19.8 Å². The van der Waals surface area contributed by atoms with Crippen molar-refractivity contribution < 1.29 is 33.5 Å². The van der Waals surface area contributed by atoms with Gasteiger partial charge < -0.3 is 59.3 Å². The molecule has 0 saturated carbocycles. The Morgan fingerprint density at radius 1 is 0.464 bits per heavy atom. The average Bonchev–Trinajstić information content (AvgIpc) is 1.73. The smallest absolute Gasteiger partial charge is 0.124 e. The zero-order valence-electron chi connectivity index (χ0n) is 55.6. The van der Waals surface area contributed by atoms with Crippen molar-refractivity contribution in [1.82, 2.24) is 69.5 Å². The number of fused-ring (bicyclic) bond motifs is 3. The highest BCUT2D eigenvalue weighted by Crippen LogP contribution is 2.38. The fraction of sp³-hybridized carbons (Fsp3) is 0.264. The van der Waals surface area contributed by atoms with Gasteiger partial charge in [-0.15, -0.1) is 6.42 Å². The molecule has 13 rings (SSSR count). The summed E-state index contributed by atoms with van der Waals surface area (Å²) in [4.78, 5) is 37.1. The Hall–Kier alpha value is -11.4. The van der Waals surface area contributed by atoms with Crippen molar-refractivity contribution >= 4 is 67.2 Å². The molecule has 0 radical (unpaired) electrons. The number of piperazine rings is 1. The van der Waals surface area contributed by atoms with Crippen LogP contribution in [-0.2, 0) is 20.6 Å². The number of nitrogens with one attached hydrogen (secondary N) is 1. The third-order valence-electron chi connectivity index (χ3n) is 16.2. The first-order valence-corrected chi connectivity index (χ1v) is 31.4. The lowest BCUT2D eigenvalue weighted by Crippen LogP contribution is -2.45. The minimum atomic E-state index is 0.0277. The quantitative estimate of drug-likeness (QED) is 0.0504. The average molecular weight is 1310 g/mol. The van der Waals surface area contributed by atoms with E-state index >= 15 is 0 Å². The summed E-state index contributed by atoms with van der Waals surface area (Å²) in [6.07, 6.45) is 22.0. The fourth-order valence-electron chi connectivity index (χ4n) is 11.1. The van der Waals surface area contributed by atoms with Crippen LogP contribution >= 0.6 is 0 Å². The van der Waals surface area contributed by atoms with Crippen LogP contribution in [-0.4, -0.2) is 177 Å². The molecule has 1 aliphatic rings. The molecule has 1 saturated heterocycles. The van der Waals surface area contributed by atoms with Gasteiger partial charge in [-0.3, -0.25) is 33.9 Å². The number of aliphatic hydroxyl groups is 1. The van der Waals surface area contributed by atoms with E-state index in [2.05, 4.69) is 68.3 Å². The lowest BCUT2D eigenvalue weighted by Gasteiger charge is -2.32. The van der Waals surface area contributed by atoms with Gasteiger partial charge in [-0.1, -0.05) is 5.92 Å². The third kappa shape index (κ3) is 16.4. The molecule has 0 aliphatic carbocycles. The molecule has 25 nitrogen and oxygen atoms in total. The second-order valence-corrected chi connectivity index (χ2v) is 22.5. The van der Waals surface area contributed by atoms with E-state index in [9.17, 15) is 0 Å². The summed E-state index contributed by atoms with van der Waals surface area (Å²) in [7, 11) is 13.6. The number of hydrogen-bond acceptors (Lipinski definition) is 22. The number of ether oxygens (including phenoxy) is 6. The summed E-state index contributed by atoms with van der Waals surface area (Å²) < 4.78 is 38.0. The maximum Gasteiger partial charge on any atom is 0.124 e. The molecule has 12 aromatic rings. The van der Waals surface area contributed by atoms with Crippen LogP contribution in [0, 0.1) is 12.3 Å². The van der Waals surface area contributed by atoms with Gasteiger partial charge in [0.1, 0.15) is 34.5 Å². The van der Waals surface area contributed by atoms with Gasteiger partial charge in [0, 0.05) is 190 Å². The van der Waals surface area contributed by atoms with Gasteiger partial charge in [-0.25, -0.2) is 15.0 Å². The molecule has 25 heteroatoms. The molecule has 97 heavy (non-hydrogen) atoms. The number of aromatic nitrogens is 12. The molecule has 0 unspecified atom stereocenters. The summed E-state index contributed by atoms with van der Waals surface area (Å²) in [5, 5.41) is 25.3. The number of anilines is 6. The first kappa shape index (κ1) is 67.0. The van der Waals surface area contributed by atoms with Gasteiger partial charge in [-0.2, -0.15) is 15.3 Å². The van der Waals surface area contributed by atoms with E-state index < -0.39 is 0 Å². The van der Waals surface area contributed by atoms with Crippen LogP contribution in [0.3, 0.4) is 0 Å². The van der Waals surface area contributed by atoms with Gasteiger partial charge >= 0.3 is 0 Å². The maximum atomic E-state index is 9.11. The third-order valence-corrected chi connectivity index (χ3v) is 16.2. The number of benzene rings is 6. The van der Waals surface area contributed by atoms with Crippen LogP contribution in [0.15, 0.2) is 165 Å². The number of nitrogens with two attached hydrogens (primary N) is 1. The highest BCUT2D eigenvalue weighted by molar-refractivity contribution is 5.86. The SMILES string of the molecule is C#CCN(c1cc(OC)cc(OC)c1)c1ccc2ncc(-c3cnn(C)c3)nc2c1.COc1cc(OC)cc(N(CCN)c2ccc3ncc(-c4cnn(CCO)c4)nc3c2)c1.COc1cc(OC)cc(N(CCN2CCNCC2)c2ccc3ncc(-c4cnn(C)c4)nc3c2)c1. The van der Waals surface area contributed by atoms with Gasteiger partial charge in [0.2, 0.25) is 0 Å². The number of nitrogens with zero attached hydrogens (tertiary/aromatic N) is 16. The summed E-state index contributed by atoms with van der Waals surface area (Å²) in [5.41, 5.74) is 21.4. The van der Waals surface area contributed by atoms with E-state index in [0.717, 1.165) is 146 Å². The molecular weight excluding hydrogens is 1230 g/mol. The molecule has 0 atom stereocenters. The predicted octanol–water partition coefficient (Wildman–Crippen LogP) is 9.51. The highest BCUT2D eigenvalue weighted by Gasteiger charge is 2.20. The van der Waals surface area contributed by atoms with Crippen molar-refractivity contribution in [3.05, 3.63) is 165 Å². The number of hydrogen-bond donors (Lipinski definition) is 3. The van der Waals surface area contributed by atoms with Gasteiger partial charge in [0.15, 0.2) is 0 Å². The number of methoxy groups -OCH3 is 6. The zero-order valence-corrected chi connectivity index (χ0v) is 55.6. The molecular formula is C72H78N18O7. The zero-order chi connectivity index (χ0) is 67.8. The van der Waals surface area contributed by atoms with E-state index in [1.54, 1.807) is 87.7 Å². The molecule has 7 heterocycles. The van der Waals surface area contributed by atoms with Crippen LogP contribution in [0.2, 0.25) is 0 Å². The largest absolute Gasteiger partial charge is 0.497 e. The predicted molar refractivity (Wildman–Crippen MR) is 378 cm³/mol. The Morgan fingerprint density at radius 2 is 0.845 bits per heavy atom. The Balaban J connectivity index is 0.000000148. The lowest BCUT2D eigenvalue weighted by atomic mass is 10.2. The number of terminal acetylenes is 1. The molecule has 6 aromatic carbocycles. The van der Waals surface area contributed by atoms with Crippen LogP contribution < -0.4 is 54.2 Å². The van der Waals surface area contributed by atoms with Crippen LogP contribution in [0.1, 0.15) is 0 Å². The van der Waals surface area contributed by atoms with Gasteiger partial charge in [0.05, 0.1) is 150 Å². The van der Waals surface area contributed by atoms with Crippen LogP contribution in [0.4, 0.5) is 34.1 Å². The topological polar surface area (TPSA) is 257 Å². The monoisotopic (exact) mass is 1310 g/mol. The van der Waals surface area contributed by atoms with Crippen molar-refractivity contribution in [1.29, 1.82) is 0 Å². The summed E-state index contributed by atoms with van der Waals surface area (Å²) in [6.45, 7) is 7.81. The molecule has 498 valence electrons. The van der Waals surface area contributed by atoms with Gasteiger partial charge in [-0.05, 0) is 54.6 Å². The summed E-state index contributed by atoms with van der Waals surface area (Å²) in [6, 6.07) is 35.4. The van der Waals surface area contributed by atoms with E-state index in [1.807, 2.05) is 141 Å². The molecule has 0 amide bonds. The summed E-state index contributed by atoms with van der Waals surface area (Å²) in [5.74, 6) is 7.00. The highest BCUT2D eigenvalue weighted by atomic mass is 16.5. The Kier molecular flexibility index (Phi) is 21.9. The summed E-state index contributed by atoms with van der Waals surface area (Å²) >= 11 is 0. The number of aryl methyl sites for hydroxylation is 2. The van der Waals surface area contributed by atoms with Crippen molar-refractivity contribution in [2.45, 2.75) is 6.54 Å². The van der Waals surface area contributed by atoms with Crippen molar-refractivity contribution in [2.75, 3.05) is 123 Å². The Morgan fingerprint density at radius 3 is 1.22 bits per heavy atom. The van der Waals surface area contributed by atoms with Gasteiger partial charge in [0.25, 0.3) is 0 Å². The second kappa shape index (κ2) is 31.7. The minimum absolute atomic E-state index is 0.0277. The number of aliphatic hydroxyl groups excluding tert-OH is 1. The standard InChI is InChI=1S/C26H31N7O2.C23H26N6O3.C23H21N5O2/c1-31-18-19(16-29-31)26-17-28-24-5-4-20(14-25(24)30-26)33(11-10-32-8-6-27-7-9-32)21-12-22(34-2)15-23(13-21)35-3;1-31-19-9-18(10-20(12-19)32-2)29(6-5-24)17-3-4-21-22(11-17)27-23(14-25-21)16-13-26-28(15-16)7-8-30;1-5-8-28(18-9-19(29-3)12-20(10-18)30-4)17-6-7-21-22(11-17)26-23(14-24-21)16-13-25-27(2)15-16/h4-5,12-18,27H,6-11H2,1-3H3;3-4,9-15,30H,5-8,24H2,1-2H3;1,6-7,9-15H,8H2,2-4H3. The second-order valence-electron chi connectivity index (χ2n) is 22.5. The van der Waals surface area contributed by atoms with Crippen LogP contribution in [0.5, 0.6) is 34.5 Å². The van der Waals surface area contributed by atoms with Crippen LogP contribution in [0.25, 0.3) is 66.9 Å². The number of rotatable bonds is 23. The maximum absolute atomic E-state index is 9.11. The van der Waals surface area contributed by atoms with E-state index in [-0.39, 0.29) is 6.61 Å². The Labute approximate surface area is 562 Å². The van der Waals surface area contributed by atoms with E-state index in [4.69, 9.17) is 60.6 Å². The molecule has 1 fully saturated rings. The van der Waals surface area contributed by atoms with E-state index in [1.165, 1.54) is 0 Å². The Bertz CT molecular complexity index is 4610. The minimum Gasteiger partial charge on any atom is -0.497 e. The first-order valence-electron chi connectivity index (χ1n) is 31.4. The molecule has 0 bridgehead atoms. The first-order chi connectivity index (χ1) is 47.4. The lowest BCUT2D eigenvalue weighted by molar-refractivity contribution is 0.247. The molecule has 6 aromatic heterocycles. The van der Waals surface area contributed by atoms with E-state index in [0.29, 0.717) is 54.9 Å². The molecule has 0 spiro atoms. The van der Waals surface area contributed by atoms with Crippen molar-refractivity contribution in [3.63, 3.8) is 0 Å². The van der Waals surface area contributed by atoms with Crippen molar-refractivity contribution in [3.8, 4) is 80.6 Å².